The van der Waals surface area contributed by atoms with E-state index < -0.39 is 0 Å². The van der Waals surface area contributed by atoms with Crippen molar-refractivity contribution in [2.45, 2.75) is 75.9 Å². The lowest BCUT2D eigenvalue weighted by atomic mass is 10.1. The van der Waals surface area contributed by atoms with Gasteiger partial charge in [0.2, 0.25) is 11.1 Å². The Morgan fingerprint density at radius 3 is 2.73 bits per heavy atom. The summed E-state index contributed by atoms with van der Waals surface area (Å²) in [5.74, 6) is 1.09. The lowest BCUT2D eigenvalue weighted by Crippen LogP contribution is -2.35. The van der Waals surface area contributed by atoms with E-state index in [2.05, 4.69) is 36.3 Å². The number of carbonyl (C=O) groups excluding carboxylic acids is 1. The van der Waals surface area contributed by atoms with Crippen LogP contribution in [0.5, 0.6) is 0 Å². The first-order chi connectivity index (χ1) is 12.4. The average molecular weight is 384 g/mol. The zero-order valence-electron chi connectivity index (χ0n) is 15.9. The van der Waals surface area contributed by atoms with Crippen LogP contribution in [0, 0.1) is 0 Å². The summed E-state index contributed by atoms with van der Waals surface area (Å²) >= 11 is 1.64. The van der Waals surface area contributed by atoms with Gasteiger partial charge in [-0.05, 0) is 56.9 Å². The van der Waals surface area contributed by atoms with E-state index in [-0.39, 0.29) is 23.8 Å². The smallest absolute Gasteiger partial charge is 0.222 e. The van der Waals surface area contributed by atoms with Gasteiger partial charge in [-0.2, -0.15) is 0 Å². The highest BCUT2D eigenvalue weighted by Gasteiger charge is 2.31. The Morgan fingerprint density at radius 1 is 1.23 bits per heavy atom. The van der Waals surface area contributed by atoms with Gasteiger partial charge in [0.05, 0.1) is 18.8 Å². The van der Waals surface area contributed by atoms with Crippen molar-refractivity contribution in [2.24, 2.45) is 0 Å². The predicted octanol–water partition coefficient (Wildman–Crippen LogP) is 2.05. The molecule has 0 unspecified atom stereocenters. The highest BCUT2D eigenvalue weighted by molar-refractivity contribution is 7.99. The number of unbranched alkanes of at least 4 members (excludes halogenated alkanes) is 1. The largest absolute Gasteiger partial charge is 0.350 e. The van der Waals surface area contributed by atoms with Crippen molar-refractivity contribution in [1.82, 2.24) is 25.1 Å². The normalized spacial score (nSPS) is 21.9. The van der Waals surface area contributed by atoms with Gasteiger partial charge in [0.15, 0.2) is 6.29 Å². The van der Waals surface area contributed by atoms with Crippen molar-refractivity contribution in [2.75, 3.05) is 25.5 Å². The Morgan fingerprint density at radius 2 is 2.00 bits per heavy atom. The summed E-state index contributed by atoms with van der Waals surface area (Å²) < 4.78 is 12.8. The Bertz CT molecular complexity index is 597. The molecule has 2 aliphatic heterocycles. The van der Waals surface area contributed by atoms with Crippen LogP contribution in [0.3, 0.4) is 0 Å². The number of carbonyl (C=O) groups is 1. The molecule has 1 aromatic rings. The first-order valence-electron chi connectivity index (χ1n) is 9.39. The van der Waals surface area contributed by atoms with Crippen molar-refractivity contribution in [3.63, 3.8) is 0 Å². The van der Waals surface area contributed by atoms with Gasteiger partial charge in [0.25, 0.3) is 0 Å². The predicted molar refractivity (Wildman–Crippen MR) is 97.8 cm³/mol. The Hall–Kier alpha value is -1.19. The zero-order valence-corrected chi connectivity index (χ0v) is 16.7. The van der Waals surface area contributed by atoms with E-state index in [0.717, 1.165) is 43.1 Å². The van der Waals surface area contributed by atoms with Gasteiger partial charge in [0.1, 0.15) is 0 Å². The molecule has 26 heavy (non-hydrogen) atoms. The summed E-state index contributed by atoms with van der Waals surface area (Å²) in [6.07, 6.45) is 4.41. The van der Waals surface area contributed by atoms with Crippen LogP contribution in [0.25, 0.3) is 0 Å². The lowest BCUT2D eigenvalue weighted by molar-refractivity contribution is -0.128. The van der Waals surface area contributed by atoms with Crippen molar-refractivity contribution in [1.29, 1.82) is 0 Å². The molecule has 0 bridgehead atoms. The number of hydrogen-bond donors (Lipinski definition) is 0. The fourth-order valence-corrected chi connectivity index (χ4v) is 4.52. The fourth-order valence-electron chi connectivity index (χ4n) is 3.30. The number of likely N-dealkylation sites (tertiary alicyclic amines) is 1. The van der Waals surface area contributed by atoms with Crippen LogP contribution in [-0.2, 0) is 19.8 Å². The number of thioether (sulfide) groups is 1. The third-order valence-corrected chi connectivity index (χ3v) is 5.78. The van der Waals surface area contributed by atoms with E-state index >= 15 is 0 Å². The maximum absolute atomic E-state index is 12.2. The number of hydrogen-bond acceptors (Lipinski definition) is 7. The molecule has 0 radical (unpaired) electrons. The average Bonchev–Trinajstić information content (AvgIpc) is 3.31. The first kappa shape index (κ1) is 19.6. The van der Waals surface area contributed by atoms with Crippen LogP contribution in [0.2, 0.25) is 0 Å². The van der Waals surface area contributed by atoms with Crippen LogP contribution in [0.4, 0.5) is 0 Å². The van der Waals surface area contributed by atoms with E-state index in [1.165, 1.54) is 0 Å². The van der Waals surface area contributed by atoms with Crippen LogP contribution in [-0.4, -0.2) is 68.9 Å². The number of tetrazole rings is 1. The van der Waals surface area contributed by atoms with Gasteiger partial charge in [-0.15, -0.1) is 5.10 Å². The maximum Gasteiger partial charge on any atom is 0.222 e. The monoisotopic (exact) mass is 383 g/mol. The van der Waals surface area contributed by atoms with Crippen LogP contribution >= 0.6 is 11.8 Å². The summed E-state index contributed by atoms with van der Waals surface area (Å²) in [4.78, 5) is 14.3. The zero-order chi connectivity index (χ0) is 18.6. The number of amides is 1. The summed E-state index contributed by atoms with van der Waals surface area (Å²) in [6, 6.07) is 0.261. The topological polar surface area (TPSA) is 82.4 Å². The minimum atomic E-state index is -0.151. The van der Waals surface area contributed by atoms with E-state index in [9.17, 15) is 4.79 Å². The summed E-state index contributed by atoms with van der Waals surface area (Å²) in [6.45, 7) is 8.44. The molecule has 9 heteroatoms. The lowest BCUT2D eigenvalue weighted by Gasteiger charge is -2.25. The molecule has 1 amide bonds. The molecule has 146 valence electrons. The van der Waals surface area contributed by atoms with E-state index in [0.29, 0.717) is 19.6 Å². The molecular weight excluding hydrogens is 354 g/mol. The molecule has 0 N–H and O–H groups in total. The molecule has 3 heterocycles. The van der Waals surface area contributed by atoms with Crippen molar-refractivity contribution >= 4 is 17.7 Å². The molecule has 2 fully saturated rings. The molecular formula is C17H29N5O3S. The third-order valence-electron chi connectivity index (χ3n) is 4.71. The molecule has 0 saturated carbocycles. The Balaban J connectivity index is 1.46. The molecule has 2 saturated heterocycles. The van der Waals surface area contributed by atoms with Gasteiger partial charge in [0, 0.05) is 24.8 Å². The molecule has 3 rings (SSSR count). The molecule has 0 spiro atoms. The second-order valence-electron chi connectivity index (χ2n) is 7.80. The number of nitrogens with zero attached hydrogens (tertiary/aromatic N) is 5. The molecule has 2 aliphatic rings. The quantitative estimate of drug-likeness (QED) is 0.502. The standard InChI is InChI=1S/C17H29N5O3S/c1-17(2,3)22-16(18-19-20-22)26-12-13-7-8-14(23)21(13)9-5-4-6-15-24-10-11-25-15/h13,15H,4-12H2,1-3H3/t13-/m1/s1. The van der Waals surface area contributed by atoms with E-state index in [1.807, 2.05) is 9.58 Å². The SMILES string of the molecule is CC(C)(C)n1nnnc1SC[C@H]1CCC(=O)N1CCCCC1OCCO1. The summed E-state index contributed by atoms with van der Waals surface area (Å²) in [5, 5.41) is 12.9. The van der Waals surface area contributed by atoms with Gasteiger partial charge in [-0.1, -0.05) is 11.8 Å². The minimum absolute atomic E-state index is 0.0492. The fraction of sp³-hybridized carbons (Fsp3) is 0.882. The van der Waals surface area contributed by atoms with Crippen molar-refractivity contribution in [3.8, 4) is 0 Å². The first-order valence-corrected chi connectivity index (χ1v) is 10.4. The number of aromatic nitrogens is 4. The van der Waals surface area contributed by atoms with E-state index in [4.69, 9.17) is 9.47 Å². The summed E-state index contributed by atoms with van der Waals surface area (Å²) in [5.41, 5.74) is -0.151. The van der Waals surface area contributed by atoms with Gasteiger partial charge >= 0.3 is 0 Å². The molecule has 0 aliphatic carbocycles. The van der Waals surface area contributed by atoms with E-state index in [1.54, 1.807) is 11.8 Å². The molecule has 8 nitrogen and oxygen atoms in total. The van der Waals surface area contributed by atoms with Gasteiger partial charge < -0.3 is 14.4 Å². The highest BCUT2D eigenvalue weighted by atomic mass is 32.2. The van der Waals surface area contributed by atoms with Gasteiger partial charge in [-0.3, -0.25) is 4.79 Å². The second-order valence-corrected chi connectivity index (χ2v) is 8.79. The van der Waals surface area contributed by atoms with Crippen LogP contribution < -0.4 is 0 Å². The van der Waals surface area contributed by atoms with Gasteiger partial charge in [-0.25, -0.2) is 4.68 Å². The molecule has 0 aromatic carbocycles. The highest BCUT2D eigenvalue weighted by Crippen LogP contribution is 2.28. The number of rotatable bonds is 8. The van der Waals surface area contributed by atoms with Crippen LogP contribution in [0.1, 0.15) is 52.9 Å². The molecule has 1 atom stereocenters. The summed E-state index contributed by atoms with van der Waals surface area (Å²) in [7, 11) is 0. The number of ether oxygens (including phenoxy) is 2. The Kier molecular flexibility index (Phi) is 6.52. The maximum atomic E-state index is 12.2. The van der Waals surface area contributed by atoms with Crippen molar-refractivity contribution < 1.29 is 14.3 Å². The minimum Gasteiger partial charge on any atom is -0.350 e. The third kappa shape index (κ3) is 4.95. The van der Waals surface area contributed by atoms with Crippen molar-refractivity contribution in [3.05, 3.63) is 0 Å². The molecule has 1 aromatic heterocycles. The van der Waals surface area contributed by atoms with Crippen LogP contribution in [0.15, 0.2) is 5.16 Å². The second kappa shape index (κ2) is 8.67. The Labute approximate surface area is 159 Å².